The highest BCUT2D eigenvalue weighted by Crippen LogP contribution is 2.41. The molecule has 1 amide bonds. The van der Waals surface area contributed by atoms with Crippen LogP contribution in [0.3, 0.4) is 0 Å². The lowest BCUT2D eigenvalue weighted by molar-refractivity contribution is -0.141. The van der Waals surface area contributed by atoms with Crippen LogP contribution >= 0.6 is 15.9 Å². The van der Waals surface area contributed by atoms with Gasteiger partial charge in [-0.05, 0) is 47.0 Å². The number of amides is 1. The lowest BCUT2D eigenvalue weighted by atomic mass is 9.78. The minimum absolute atomic E-state index is 0.00611. The fraction of sp³-hybridized carbons (Fsp3) is 0.217. The Labute approximate surface area is 183 Å². The lowest BCUT2D eigenvalue weighted by Gasteiger charge is -2.45. The van der Waals surface area contributed by atoms with Crippen molar-refractivity contribution in [1.29, 1.82) is 0 Å². The van der Waals surface area contributed by atoms with Crippen molar-refractivity contribution in [3.05, 3.63) is 94.2 Å². The zero-order chi connectivity index (χ0) is 21.1. The molecule has 4 rings (SSSR count). The van der Waals surface area contributed by atoms with Crippen molar-refractivity contribution in [3.63, 3.8) is 0 Å². The van der Waals surface area contributed by atoms with E-state index in [2.05, 4.69) is 26.4 Å². The number of rotatable bonds is 5. The number of phenols is 1. The van der Waals surface area contributed by atoms with E-state index in [9.17, 15) is 15.1 Å². The van der Waals surface area contributed by atoms with Gasteiger partial charge >= 0.3 is 0 Å². The number of benzene rings is 2. The Morgan fingerprint density at radius 2 is 1.90 bits per heavy atom. The van der Waals surface area contributed by atoms with Crippen molar-refractivity contribution in [2.24, 2.45) is 0 Å². The molecule has 0 aliphatic carbocycles. The molecule has 3 N–H and O–H groups in total. The maximum atomic E-state index is 13.3. The van der Waals surface area contributed by atoms with Gasteiger partial charge in [-0.1, -0.05) is 46.3 Å². The van der Waals surface area contributed by atoms with Crippen LogP contribution in [0.5, 0.6) is 5.75 Å². The maximum absolute atomic E-state index is 13.3. The highest BCUT2D eigenvalue weighted by molar-refractivity contribution is 9.10. The van der Waals surface area contributed by atoms with E-state index >= 15 is 0 Å². The number of nitrogens with one attached hydrogen (secondary N) is 1. The van der Waals surface area contributed by atoms with Gasteiger partial charge in [0.25, 0.3) is 0 Å². The first-order chi connectivity index (χ1) is 14.6. The molecule has 2 aromatic carbocycles. The topological polar surface area (TPSA) is 85.7 Å². The van der Waals surface area contributed by atoms with E-state index in [0.717, 1.165) is 21.2 Å². The Kier molecular flexibility index (Phi) is 6.13. The van der Waals surface area contributed by atoms with E-state index in [1.54, 1.807) is 41.6 Å². The average Bonchev–Trinajstić information content (AvgIpc) is 2.76. The van der Waals surface area contributed by atoms with E-state index in [1.807, 2.05) is 36.4 Å². The lowest BCUT2D eigenvalue weighted by Crippen LogP contribution is -2.53. The molecule has 0 saturated carbocycles. The van der Waals surface area contributed by atoms with Gasteiger partial charge < -0.3 is 15.2 Å². The van der Waals surface area contributed by atoms with Crippen LogP contribution in [0.25, 0.3) is 0 Å². The first-order valence-electron chi connectivity index (χ1n) is 9.69. The summed E-state index contributed by atoms with van der Waals surface area (Å²) in [6.45, 7) is 0.377. The number of phenolic OH excluding ortho intramolecular Hbond substituents is 1. The molecule has 1 fully saturated rings. The first-order valence-corrected chi connectivity index (χ1v) is 10.5. The number of hydrogen-bond donors (Lipinski definition) is 3. The summed E-state index contributed by atoms with van der Waals surface area (Å²) in [5.41, 5.74) is 5.19. The van der Waals surface area contributed by atoms with E-state index in [1.165, 1.54) is 0 Å². The zero-order valence-electron chi connectivity index (χ0n) is 16.1. The summed E-state index contributed by atoms with van der Waals surface area (Å²) >= 11 is 3.50. The van der Waals surface area contributed by atoms with Crippen LogP contribution in [-0.2, 0) is 11.3 Å². The third-order valence-corrected chi connectivity index (χ3v) is 6.05. The summed E-state index contributed by atoms with van der Waals surface area (Å²) in [5.74, 6) is -0.0749. The van der Waals surface area contributed by atoms with Crippen LogP contribution in [0.4, 0.5) is 0 Å². The molecule has 0 spiro atoms. The number of hydroxylamine groups is 1. The highest BCUT2D eigenvalue weighted by Gasteiger charge is 2.43. The summed E-state index contributed by atoms with van der Waals surface area (Å²) in [7, 11) is 0. The molecule has 6 nitrogen and oxygen atoms in total. The molecular formula is C23H22BrN3O3. The predicted molar refractivity (Wildman–Crippen MR) is 116 cm³/mol. The Balaban J connectivity index is 1.77. The number of carbonyl (C=O) groups is 1. The SMILES string of the molecule is O=C1CC(c2cccc(Br)c2)[C@H](NO)[C@@H](c2ccc(O)cc2)N1Cc1cccnc1. The number of halogens is 1. The van der Waals surface area contributed by atoms with E-state index < -0.39 is 12.1 Å². The van der Waals surface area contributed by atoms with Crippen molar-refractivity contribution in [3.8, 4) is 5.75 Å². The second-order valence-electron chi connectivity index (χ2n) is 7.44. The van der Waals surface area contributed by atoms with Crippen LogP contribution in [0, 0.1) is 0 Å². The Bertz CT molecular complexity index is 1010. The second-order valence-corrected chi connectivity index (χ2v) is 8.36. The smallest absolute Gasteiger partial charge is 0.224 e. The molecule has 1 aliphatic heterocycles. The number of carbonyl (C=O) groups excluding carboxylic acids is 1. The molecular weight excluding hydrogens is 446 g/mol. The zero-order valence-corrected chi connectivity index (χ0v) is 17.7. The molecule has 1 aliphatic rings. The number of pyridine rings is 1. The summed E-state index contributed by atoms with van der Waals surface area (Å²) in [6.07, 6.45) is 3.70. The minimum Gasteiger partial charge on any atom is -0.508 e. The standard InChI is InChI=1S/C23H22BrN3O3/c24-18-5-1-4-17(11-18)20-12-21(29)27(14-15-3-2-10-25-13-15)23(22(20)26-30)16-6-8-19(28)9-7-16/h1-11,13,20,22-23,26,28,30H,12,14H2/t20?,22-,23+/m0/s1. The molecule has 0 bridgehead atoms. The molecule has 0 radical (unpaired) electrons. The van der Waals surface area contributed by atoms with Crippen molar-refractivity contribution in [2.75, 3.05) is 0 Å². The quantitative estimate of drug-likeness (QED) is 0.490. The molecule has 1 aromatic heterocycles. The molecule has 1 unspecified atom stereocenters. The fourth-order valence-electron chi connectivity index (χ4n) is 4.16. The van der Waals surface area contributed by atoms with Gasteiger partial charge in [-0.2, -0.15) is 5.48 Å². The number of nitrogens with zero attached hydrogens (tertiary/aromatic N) is 2. The summed E-state index contributed by atoms with van der Waals surface area (Å²) in [5, 5.41) is 19.9. The number of hydrogen-bond acceptors (Lipinski definition) is 5. The monoisotopic (exact) mass is 467 g/mol. The highest BCUT2D eigenvalue weighted by atomic mass is 79.9. The van der Waals surface area contributed by atoms with Crippen LogP contribution in [0.1, 0.15) is 35.1 Å². The van der Waals surface area contributed by atoms with E-state index in [4.69, 9.17) is 0 Å². The minimum atomic E-state index is -0.432. The van der Waals surface area contributed by atoms with Gasteiger partial charge in [0.2, 0.25) is 5.91 Å². The Morgan fingerprint density at radius 1 is 1.10 bits per heavy atom. The van der Waals surface area contributed by atoms with Crippen LogP contribution in [-0.4, -0.2) is 32.1 Å². The normalized spacial score (nSPS) is 21.6. The van der Waals surface area contributed by atoms with Gasteiger partial charge in [0.15, 0.2) is 0 Å². The van der Waals surface area contributed by atoms with Crippen LogP contribution in [0.15, 0.2) is 77.5 Å². The number of aromatic hydroxyl groups is 1. The average molecular weight is 468 g/mol. The van der Waals surface area contributed by atoms with Crippen LogP contribution < -0.4 is 5.48 Å². The number of aromatic nitrogens is 1. The molecule has 2 heterocycles. The maximum Gasteiger partial charge on any atom is 0.224 e. The fourth-order valence-corrected chi connectivity index (χ4v) is 4.57. The third kappa shape index (κ3) is 4.23. The van der Waals surface area contributed by atoms with Crippen molar-refractivity contribution in [1.82, 2.24) is 15.4 Å². The Morgan fingerprint density at radius 3 is 2.57 bits per heavy atom. The van der Waals surface area contributed by atoms with Crippen LogP contribution in [0.2, 0.25) is 0 Å². The van der Waals surface area contributed by atoms with Gasteiger partial charge in [-0.15, -0.1) is 0 Å². The van der Waals surface area contributed by atoms with Crippen molar-refractivity contribution in [2.45, 2.75) is 31.0 Å². The van der Waals surface area contributed by atoms with Gasteiger partial charge in [-0.3, -0.25) is 9.78 Å². The van der Waals surface area contributed by atoms with Crippen molar-refractivity contribution < 1.29 is 15.1 Å². The summed E-state index contributed by atoms with van der Waals surface area (Å²) in [6, 6.07) is 17.5. The summed E-state index contributed by atoms with van der Waals surface area (Å²) in [4.78, 5) is 19.2. The molecule has 1 saturated heterocycles. The molecule has 3 aromatic rings. The van der Waals surface area contributed by atoms with Crippen molar-refractivity contribution >= 4 is 21.8 Å². The molecule has 30 heavy (non-hydrogen) atoms. The van der Waals surface area contributed by atoms with Gasteiger partial charge in [0, 0.05) is 35.7 Å². The molecule has 3 atom stereocenters. The van der Waals surface area contributed by atoms with Gasteiger partial charge in [0.05, 0.1) is 12.1 Å². The summed E-state index contributed by atoms with van der Waals surface area (Å²) < 4.78 is 0.920. The first kappa shape index (κ1) is 20.5. The Hall–Kier alpha value is -2.74. The van der Waals surface area contributed by atoms with E-state index in [0.29, 0.717) is 6.54 Å². The van der Waals surface area contributed by atoms with Gasteiger partial charge in [0.1, 0.15) is 5.75 Å². The molecule has 154 valence electrons. The van der Waals surface area contributed by atoms with Gasteiger partial charge in [-0.25, -0.2) is 0 Å². The van der Waals surface area contributed by atoms with E-state index in [-0.39, 0.29) is 24.0 Å². The second kappa shape index (κ2) is 8.95. The number of piperidine rings is 1. The predicted octanol–water partition coefficient (Wildman–Crippen LogP) is 4.15. The third-order valence-electron chi connectivity index (χ3n) is 5.56. The largest absolute Gasteiger partial charge is 0.508 e. The molecule has 7 heteroatoms. The number of likely N-dealkylation sites (tertiary alicyclic amines) is 1.